The zero-order chi connectivity index (χ0) is 13.9. The van der Waals surface area contributed by atoms with Crippen molar-refractivity contribution < 1.29 is 9.53 Å². The van der Waals surface area contributed by atoms with Gasteiger partial charge in [0.1, 0.15) is 5.60 Å². The van der Waals surface area contributed by atoms with Gasteiger partial charge in [0.05, 0.1) is 12.6 Å². The average molecular weight is 253 g/mol. The van der Waals surface area contributed by atoms with Crippen LogP contribution in [-0.4, -0.2) is 53.2 Å². The van der Waals surface area contributed by atoms with Crippen molar-refractivity contribution in [3.05, 3.63) is 0 Å². The Hall–Kier alpha value is -1.28. The van der Waals surface area contributed by atoms with Crippen LogP contribution in [-0.2, 0) is 4.74 Å². The molecule has 18 heavy (non-hydrogen) atoms. The second kappa shape index (κ2) is 5.57. The third kappa shape index (κ3) is 3.88. The molecular formula is C13H23N3O2. The number of nitrogens with zero attached hydrogens (tertiary/aromatic N) is 3. The van der Waals surface area contributed by atoms with Gasteiger partial charge in [0, 0.05) is 25.2 Å². The summed E-state index contributed by atoms with van der Waals surface area (Å²) in [6.07, 6.45) is -0.265. The van der Waals surface area contributed by atoms with Gasteiger partial charge in [0.25, 0.3) is 0 Å². The van der Waals surface area contributed by atoms with Gasteiger partial charge in [0.15, 0.2) is 0 Å². The van der Waals surface area contributed by atoms with E-state index in [1.54, 1.807) is 4.90 Å². The lowest BCUT2D eigenvalue weighted by molar-refractivity contribution is -0.0130. The van der Waals surface area contributed by atoms with E-state index in [0.29, 0.717) is 6.54 Å². The van der Waals surface area contributed by atoms with Gasteiger partial charge in [-0.15, -0.1) is 0 Å². The van der Waals surface area contributed by atoms with E-state index in [0.717, 1.165) is 13.1 Å². The van der Waals surface area contributed by atoms with Crippen molar-refractivity contribution in [1.29, 1.82) is 5.26 Å². The summed E-state index contributed by atoms with van der Waals surface area (Å²) in [5.74, 6) is 0. The lowest BCUT2D eigenvalue weighted by atomic mass is 10.1. The molecule has 0 bridgehead atoms. The highest BCUT2D eigenvalue weighted by Gasteiger charge is 2.35. The molecule has 0 aromatic carbocycles. The summed E-state index contributed by atoms with van der Waals surface area (Å²) < 4.78 is 5.42. The van der Waals surface area contributed by atoms with Crippen LogP contribution in [0.2, 0.25) is 0 Å². The van der Waals surface area contributed by atoms with E-state index in [9.17, 15) is 4.79 Å². The van der Waals surface area contributed by atoms with Crippen LogP contribution in [0.25, 0.3) is 0 Å². The van der Waals surface area contributed by atoms with Crippen LogP contribution in [0.15, 0.2) is 0 Å². The van der Waals surface area contributed by atoms with Crippen molar-refractivity contribution in [3.63, 3.8) is 0 Å². The average Bonchev–Trinajstić information content (AvgIpc) is 2.13. The van der Waals surface area contributed by atoms with Crippen molar-refractivity contribution in [3.8, 4) is 6.07 Å². The summed E-state index contributed by atoms with van der Waals surface area (Å²) >= 11 is 0. The number of rotatable bonds is 1. The fourth-order valence-electron chi connectivity index (χ4n) is 2.34. The number of carbonyl (C=O) groups excluding carboxylic acids is 1. The van der Waals surface area contributed by atoms with Gasteiger partial charge in [-0.3, -0.25) is 4.90 Å². The Balaban J connectivity index is 2.68. The van der Waals surface area contributed by atoms with E-state index in [-0.39, 0.29) is 18.2 Å². The van der Waals surface area contributed by atoms with Crippen molar-refractivity contribution in [1.82, 2.24) is 9.80 Å². The predicted octanol–water partition coefficient (Wildman–Crippen LogP) is 1.84. The third-order valence-corrected chi connectivity index (χ3v) is 2.89. The van der Waals surface area contributed by atoms with E-state index in [4.69, 9.17) is 10.00 Å². The Morgan fingerprint density at radius 2 is 1.83 bits per heavy atom. The van der Waals surface area contributed by atoms with Gasteiger partial charge in [-0.2, -0.15) is 5.26 Å². The van der Waals surface area contributed by atoms with Crippen molar-refractivity contribution in [2.75, 3.05) is 19.6 Å². The van der Waals surface area contributed by atoms with Gasteiger partial charge >= 0.3 is 6.09 Å². The number of piperazine rings is 1. The minimum absolute atomic E-state index is 0.0666. The second-order valence-electron chi connectivity index (χ2n) is 5.94. The van der Waals surface area contributed by atoms with Crippen LogP contribution in [0, 0.1) is 11.3 Å². The number of carbonyl (C=O) groups is 1. The molecule has 5 nitrogen and oxygen atoms in total. The molecule has 0 aromatic heterocycles. The Labute approximate surface area is 109 Å². The molecular weight excluding hydrogens is 230 g/mol. The molecule has 1 aliphatic rings. The van der Waals surface area contributed by atoms with E-state index in [2.05, 4.69) is 11.0 Å². The molecule has 2 atom stereocenters. The topological polar surface area (TPSA) is 56.6 Å². The number of ether oxygens (including phenoxy) is 1. The van der Waals surface area contributed by atoms with Crippen molar-refractivity contribution in [2.45, 2.75) is 52.3 Å². The van der Waals surface area contributed by atoms with Crippen LogP contribution in [0.3, 0.4) is 0 Å². The molecule has 0 aliphatic carbocycles. The number of hydrogen-bond acceptors (Lipinski definition) is 4. The van der Waals surface area contributed by atoms with Crippen molar-refractivity contribution in [2.24, 2.45) is 0 Å². The molecule has 1 amide bonds. The zero-order valence-corrected chi connectivity index (χ0v) is 11.9. The first-order chi connectivity index (χ1) is 8.24. The lowest BCUT2D eigenvalue weighted by Crippen LogP contribution is -2.59. The SMILES string of the molecule is C[C@@H]1CN(CC#N)C[C@H](C)N1C(=O)OC(C)(C)C. The largest absolute Gasteiger partial charge is 0.444 e. The summed E-state index contributed by atoms with van der Waals surface area (Å²) in [5, 5.41) is 8.72. The van der Waals surface area contributed by atoms with E-state index >= 15 is 0 Å². The number of hydrogen-bond donors (Lipinski definition) is 0. The molecule has 5 heteroatoms. The molecule has 0 saturated carbocycles. The molecule has 1 aliphatic heterocycles. The maximum Gasteiger partial charge on any atom is 0.410 e. The zero-order valence-electron chi connectivity index (χ0n) is 11.9. The molecule has 1 heterocycles. The Morgan fingerprint density at radius 1 is 1.33 bits per heavy atom. The summed E-state index contributed by atoms with van der Waals surface area (Å²) in [7, 11) is 0. The van der Waals surface area contributed by atoms with Crippen LogP contribution in [0.1, 0.15) is 34.6 Å². The van der Waals surface area contributed by atoms with Gasteiger partial charge in [-0.25, -0.2) is 4.79 Å². The fraction of sp³-hybridized carbons (Fsp3) is 0.846. The smallest absolute Gasteiger partial charge is 0.410 e. The molecule has 1 fully saturated rings. The predicted molar refractivity (Wildman–Crippen MR) is 69.1 cm³/mol. The first-order valence-electron chi connectivity index (χ1n) is 6.35. The number of nitriles is 1. The standard InChI is InChI=1S/C13H23N3O2/c1-10-8-15(7-6-14)9-11(2)16(10)12(17)18-13(3,4)5/h10-11H,7-9H2,1-5H3/t10-,11+. The fourth-order valence-corrected chi connectivity index (χ4v) is 2.34. The summed E-state index contributed by atoms with van der Waals surface area (Å²) in [6.45, 7) is 11.4. The summed E-state index contributed by atoms with van der Waals surface area (Å²) in [4.78, 5) is 16.0. The molecule has 0 aromatic rings. The molecule has 1 saturated heterocycles. The highest BCUT2D eigenvalue weighted by Crippen LogP contribution is 2.19. The van der Waals surface area contributed by atoms with Crippen LogP contribution < -0.4 is 0 Å². The normalized spacial score (nSPS) is 25.7. The van der Waals surface area contributed by atoms with E-state index in [1.165, 1.54) is 0 Å². The van der Waals surface area contributed by atoms with Gasteiger partial charge < -0.3 is 9.64 Å². The van der Waals surface area contributed by atoms with E-state index < -0.39 is 5.60 Å². The molecule has 1 rings (SSSR count). The molecule has 0 N–H and O–H groups in total. The highest BCUT2D eigenvalue weighted by molar-refractivity contribution is 5.69. The minimum atomic E-state index is -0.472. The third-order valence-electron chi connectivity index (χ3n) is 2.89. The minimum Gasteiger partial charge on any atom is -0.444 e. The van der Waals surface area contributed by atoms with Gasteiger partial charge in [-0.05, 0) is 34.6 Å². The number of amides is 1. The second-order valence-corrected chi connectivity index (χ2v) is 5.94. The quantitative estimate of drug-likeness (QED) is 0.669. The van der Waals surface area contributed by atoms with Crippen LogP contribution >= 0.6 is 0 Å². The van der Waals surface area contributed by atoms with Gasteiger partial charge in [0.2, 0.25) is 0 Å². The highest BCUT2D eigenvalue weighted by atomic mass is 16.6. The summed E-state index contributed by atoms with van der Waals surface area (Å²) in [5.41, 5.74) is -0.472. The monoisotopic (exact) mass is 253 g/mol. The van der Waals surface area contributed by atoms with Gasteiger partial charge in [-0.1, -0.05) is 0 Å². The van der Waals surface area contributed by atoms with Crippen LogP contribution in [0.5, 0.6) is 0 Å². The van der Waals surface area contributed by atoms with Crippen LogP contribution in [0.4, 0.5) is 4.79 Å². The summed E-state index contributed by atoms with van der Waals surface area (Å²) in [6, 6.07) is 2.29. The maximum absolute atomic E-state index is 12.1. The molecule has 0 unspecified atom stereocenters. The first kappa shape index (κ1) is 14.8. The maximum atomic E-state index is 12.1. The first-order valence-corrected chi connectivity index (χ1v) is 6.35. The molecule has 102 valence electrons. The Morgan fingerprint density at radius 3 is 2.22 bits per heavy atom. The van der Waals surface area contributed by atoms with Crippen molar-refractivity contribution >= 4 is 6.09 Å². The lowest BCUT2D eigenvalue weighted by Gasteiger charge is -2.43. The Bertz CT molecular complexity index is 331. The van der Waals surface area contributed by atoms with E-state index in [1.807, 2.05) is 34.6 Å². The molecule has 0 spiro atoms. The molecule has 0 radical (unpaired) electrons. The Kier molecular flexibility index (Phi) is 4.58.